The second-order valence-electron chi connectivity index (χ2n) is 6.00. The van der Waals surface area contributed by atoms with Gasteiger partial charge in [0.2, 0.25) is 0 Å². The summed E-state index contributed by atoms with van der Waals surface area (Å²) in [6, 6.07) is 15.4. The molecule has 0 spiro atoms. The molecule has 0 aliphatic carbocycles. The summed E-state index contributed by atoms with van der Waals surface area (Å²) in [6.45, 7) is 5.56. The Morgan fingerprint density at radius 1 is 1.08 bits per heavy atom. The molecule has 25 heavy (non-hydrogen) atoms. The number of carbonyl (C=O) groups excluding carboxylic acids is 1. The number of benzene rings is 2. The molecule has 2 amide bonds. The van der Waals surface area contributed by atoms with Gasteiger partial charge in [-0.3, -0.25) is 0 Å². The third kappa shape index (κ3) is 6.03. The molecule has 0 bridgehead atoms. The van der Waals surface area contributed by atoms with Gasteiger partial charge in [-0.05, 0) is 29.7 Å². The van der Waals surface area contributed by atoms with Gasteiger partial charge in [-0.15, -0.1) is 0 Å². The van der Waals surface area contributed by atoms with Crippen LogP contribution in [-0.2, 0) is 6.54 Å². The third-order valence-electron chi connectivity index (χ3n) is 3.81. The molecule has 0 unspecified atom stereocenters. The molecule has 0 fully saturated rings. The molecule has 0 radical (unpaired) electrons. The molecular formula is C20H26N2O3. The summed E-state index contributed by atoms with van der Waals surface area (Å²) in [6.07, 6.45) is 0. The number of hydrogen-bond donors (Lipinski definition) is 2. The minimum atomic E-state index is -0.231. The molecule has 0 saturated heterocycles. The maximum Gasteiger partial charge on any atom is 0.315 e. The molecule has 0 aliphatic rings. The van der Waals surface area contributed by atoms with Gasteiger partial charge < -0.3 is 20.1 Å². The molecular weight excluding hydrogens is 316 g/mol. The number of nitrogens with one attached hydrogen (secondary N) is 2. The molecule has 0 atom stereocenters. The molecule has 2 N–H and O–H groups in total. The average molecular weight is 342 g/mol. The Balaban J connectivity index is 1.69. The first kappa shape index (κ1) is 18.6. The van der Waals surface area contributed by atoms with E-state index in [2.05, 4.69) is 30.5 Å². The molecule has 0 heterocycles. The van der Waals surface area contributed by atoms with Crippen molar-refractivity contribution in [3.05, 3.63) is 59.7 Å². The van der Waals surface area contributed by atoms with Gasteiger partial charge in [0.25, 0.3) is 0 Å². The standard InChI is InChI=1S/C20H26N2O3/c1-15(2)16-8-6-9-18(13-16)25-12-11-21-20(23)22-14-17-7-4-5-10-19(17)24-3/h4-10,13,15H,11-12,14H2,1-3H3,(H2,21,22,23). The van der Waals surface area contributed by atoms with E-state index in [4.69, 9.17) is 9.47 Å². The zero-order chi connectivity index (χ0) is 18.1. The fraction of sp³-hybridized carbons (Fsp3) is 0.350. The van der Waals surface area contributed by atoms with Gasteiger partial charge >= 0.3 is 6.03 Å². The minimum absolute atomic E-state index is 0.231. The normalized spacial score (nSPS) is 10.4. The van der Waals surface area contributed by atoms with Gasteiger partial charge in [0, 0.05) is 12.1 Å². The van der Waals surface area contributed by atoms with Crippen LogP contribution >= 0.6 is 0 Å². The van der Waals surface area contributed by atoms with E-state index in [9.17, 15) is 4.79 Å². The molecule has 5 heteroatoms. The SMILES string of the molecule is COc1ccccc1CNC(=O)NCCOc1cccc(C(C)C)c1. The van der Waals surface area contributed by atoms with Crippen molar-refractivity contribution >= 4 is 6.03 Å². The van der Waals surface area contributed by atoms with E-state index in [0.717, 1.165) is 17.1 Å². The van der Waals surface area contributed by atoms with Crippen molar-refractivity contribution in [1.82, 2.24) is 10.6 Å². The van der Waals surface area contributed by atoms with Crippen molar-refractivity contribution in [2.75, 3.05) is 20.3 Å². The summed E-state index contributed by atoms with van der Waals surface area (Å²) in [5.74, 6) is 2.04. The summed E-state index contributed by atoms with van der Waals surface area (Å²) in [7, 11) is 1.62. The van der Waals surface area contributed by atoms with Crippen LogP contribution in [0.1, 0.15) is 30.9 Å². The smallest absolute Gasteiger partial charge is 0.315 e. The maximum absolute atomic E-state index is 11.9. The quantitative estimate of drug-likeness (QED) is 0.719. The Bertz CT molecular complexity index is 686. The van der Waals surface area contributed by atoms with E-state index in [1.165, 1.54) is 5.56 Å². The first-order valence-electron chi connectivity index (χ1n) is 8.46. The summed E-state index contributed by atoms with van der Waals surface area (Å²) >= 11 is 0. The van der Waals surface area contributed by atoms with Crippen molar-refractivity contribution in [2.24, 2.45) is 0 Å². The summed E-state index contributed by atoms with van der Waals surface area (Å²) < 4.78 is 10.9. The fourth-order valence-corrected chi connectivity index (χ4v) is 2.38. The first-order chi connectivity index (χ1) is 12.1. The van der Waals surface area contributed by atoms with E-state index in [-0.39, 0.29) is 6.03 Å². The van der Waals surface area contributed by atoms with Crippen LogP contribution < -0.4 is 20.1 Å². The number of para-hydroxylation sites is 1. The van der Waals surface area contributed by atoms with Crippen molar-refractivity contribution in [2.45, 2.75) is 26.3 Å². The molecule has 2 aromatic rings. The van der Waals surface area contributed by atoms with Crippen LogP contribution in [0.25, 0.3) is 0 Å². The fourth-order valence-electron chi connectivity index (χ4n) is 2.38. The number of ether oxygens (including phenoxy) is 2. The maximum atomic E-state index is 11.9. The van der Waals surface area contributed by atoms with Crippen LogP contribution in [0.5, 0.6) is 11.5 Å². The van der Waals surface area contributed by atoms with Gasteiger partial charge in [0.15, 0.2) is 0 Å². The van der Waals surface area contributed by atoms with Crippen LogP contribution in [0.3, 0.4) is 0 Å². The first-order valence-corrected chi connectivity index (χ1v) is 8.46. The highest BCUT2D eigenvalue weighted by molar-refractivity contribution is 5.73. The number of carbonyl (C=O) groups is 1. The second-order valence-corrected chi connectivity index (χ2v) is 6.00. The van der Waals surface area contributed by atoms with E-state index in [1.807, 2.05) is 42.5 Å². The largest absolute Gasteiger partial charge is 0.496 e. The van der Waals surface area contributed by atoms with Crippen LogP contribution in [0.2, 0.25) is 0 Å². The van der Waals surface area contributed by atoms with Crippen molar-refractivity contribution < 1.29 is 14.3 Å². The highest BCUT2D eigenvalue weighted by Crippen LogP contribution is 2.20. The van der Waals surface area contributed by atoms with Crippen LogP contribution in [0.15, 0.2) is 48.5 Å². The number of rotatable bonds is 8. The van der Waals surface area contributed by atoms with Crippen molar-refractivity contribution in [3.63, 3.8) is 0 Å². The zero-order valence-electron chi connectivity index (χ0n) is 15.0. The van der Waals surface area contributed by atoms with Crippen LogP contribution in [0, 0.1) is 0 Å². The highest BCUT2D eigenvalue weighted by atomic mass is 16.5. The minimum Gasteiger partial charge on any atom is -0.496 e. The lowest BCUT2D eigenvalue weighted by Gasteiger charge is -2.12. The predicted molar refractivity (Wildman–Crippen MR) is 99.3 cm³/mol. The zero-order valence-corrected chi connectivity index (χ0v) is 15.0. The van der Waals surface area contributed by atoms with Crippen LogP contribution in [0.4, 0.5) is 4.79 Å². The van der Waals surface area contributed by atoms with E-state index >= 15 is 0 Å². The summed E-state index contributed by atoms with van der Waals surface area (Å²) in [4.78, 5) is 11.9. The molecule has 0 aromatic heterocycles. The van der Waals surface area contributed by atoms with Crippen LogP contribution in [-0.4, -0.2) is 26.3 Å². The molecule has 0 aliphatic heterocycles. The Labute approximate surface area is 149 Å². The lowest BCUT2D eigenvalue weighted by Crippen LogP contribution is -2.37. The van der Waals surface area contributed by atoms with E-state index < -0.39 is 0 Å². The number of amides is 2. The monoisotopic (exact) mass is 342 g/mol. The molecule has 134 valence electrons. The highest BCUT2D eigenvalue weighted by Gasteiger charge is 2.05. The molecule has 2 aromatic carbocycles. The Hall–Kier alpha value is -2.69. The molecule has 2 rings (SSSR count). The number of urea groups is 1. The van der Waals surface area contributed by atoms with E-state index in [1.54, 1.807) is 7.11 Å². The van der Waals surface area contributed by atoms with Gasteiger partial charge in [-0.25, -0.2) is 4.79 Å². The van der Waals surface area contributed by atoms with Gasteiger partial charge in [0.05, 0.1) is 13.7 Å². The lowest BCUT2D eigenvalue weighted by molar-refractivity contribution is 0.236. The lowest BCUT2D eigenvalue weighted by atomic mass is 10.0. The predicted octanol–water partition coefficient (Wildman–Crippen LogP) is 3.70. The number of methoxy groups -OCH3 is 1. The van der Waals surface area contributed by atoms with Gasteiger partial charge in [-0.2, -0.15) is 0 Å². The topological polar surface area (TPSA) is 59.6 Å². The Morgan fingerprint density at radius 3 is 2.64 bits per heavy atom. The van der Waals surface area contributed by atoms with Gasteiger partial charge in [0.1, 0.15) is 18.1 Å². The van der Waals surface area contributed by atoms with E-state index in [0.29, 0.717) is 25.6 Å². The third-order valence-corrected chi connectivity index (χ3v) is 3.81. The molecule has 5 nitrogen and oxygen atoms in total. The van der Waals surface area contributed by atoms with Crippen molar-refractivity contribution in [1.29, 1.82) is 0 Å². The number of hydrogen-bond acceptors (Lipinski definition) is 3. The average Bonchev–Trinajstić information content (AvgIpc) is 2.64. The second kappa shape index (κ2) is 9.57. The van der Waals surface area contributed by atoms with Crippen molar-refractivity contribution in [3.8, 4) is 11.5 Å². The molecule has 0 saturated carbocycles. The summed E-state index contributed by atoms with van der Waals surface area (Å²) in [5, 5.41) is 5.59. The Kier molecular flexibility index (Phi) is 7.14. The Morgan fingerprint density at radius 2 is 1.88 bits per heavy atom. The van der Waals surface area contributed by atoms with Gasteiger partial charge in [-0.1, -0.05) is 44.2 Å². The summed E-state index contributed by atoms with van der Waals surface area (Å²) in [5.41, 5.74) is 2.17.